The van der Waals surface area contributed by atoms with Crippen molar-refractivity contribution in [1.29, 1.82) is 0 Å². The Labute approximate surface area is 90.9 Å². The summed E-state index contributed by atoms with van der Waals surface area (Å²) in [6.07, 6.45) is 0. The van der Waals surface area contributed by atoms with Gasteiger partial charge in [-0.15, -0.1) is 0 Å². The third-order valence-corrected chi connectivity index (χ3v) is 2.69. The molecule has 1 aromatic heterocycles. The molecule has 2 rings (SSSR count). The number of hydrogen-bond donors (Lipinski definition) is 2. The van der Waals surface area contributed by atoms with Crippen LogP contribution in [-0.2, 0) is 4.79 Å². The van der Waals surface area contributed by atoms with E-state index in [1.54, 1.807) is 25.1 Å². The van der Waals surface area contributed by atoms with E-state index in [0.717, 1.165) is 16.5 Å². The number of halogens is 1. The maximum absolute atomic E-state index is 10.8. The molecule has 15 heavy (non-hydrogen) atoms. The molecule has 0 saturated heterocycles. The number of aromatic amines is 1. The van der Waals surface area contributed by atoms with Crippen molar-refractivity contribution in [3.63, 3.8) is 0 Å². The van der Waals surface area contributed by atoms with Gasteiger partial charge in [-0.1, -0.05) is 17.7 Å². The van der Waals surface area contributed by atoms with Crippen LogP contribution < -0.4 is 0 Å². The number of aliphatic carboxylic acids is 1. The van der Waals surface area contributed by atoms with Crippen LogP contribution >= 0.6 is 11.6 Å². The average molecular weight is 225 g/mol. The van der Waals surface area contributed by atoms with E-state index < -0.39 is 11.9 Å². The molecule has 2 aromatic rings. The molecule has 0 fully saturated rings. The van der Waals surface area contributed by atoms with Crippen LogP contribution in [0.5, 0.6) is 0 Å². The van der Waals surface area contributed by atoms with Crippen LogP contribution in [-0.4, -0.2) is 21.3 Å². The summed E-state index contributed by atoms with van der Waals surface area (Å²) < 4.78 is 0. The Morgan fingerprint density at radius 2 is 2.33 bits per heavy atom. The van der Waals surface area contributed by atoms with E-state index in [-0.39, 0.29) is 0 Å². The number of hydrogen-bond acceptors (Lipinski definition) is 2. The van der Waals surface area contributed by atoms with Gasteiger partial charge >= 0.3 is 5.97 Å². The van der Waals surface area contributed by atoms with Crippen LogP contribution in [0.1, 0.15) is 18.4 Å². The SMILES string of the molecule is CC(C(=O)O)c1ccc2n[nH]c(Cl)c2c1. The first-order chi connectivity index (χ1) is 7.09. The fraction of sp³-hybridized carbons (Fsp3) is 0.200. The number of carbonyl (C=O) groups is 1. The lowest BCUT2D eigenvalue weighted by molar-refractivity contribution is -0.138. The van der Waals surface area contributed by atoms with E-state index in [4.69, 9.17) is 16.7 Å². The second kappa shape index (κ2) is 3.55. The Balaban J connectivity index is 2.54. The molecule has 0 aliphatic heterocycles. The summed E-state index contributed by atoms with van der Waals surface area (Å²) in [5.74, 6) is -1.39. The van der Waals surface area contributed by atoms with E-state index in [1.807, 2.05) is 0 Å². The smallest absolute Gasteiger partial charge is 0.310 e. The number of aromatic nitrogens is 2. The summed E-state index contributed by atoms with van der Waals surface area (Å²) in [6, 6.07) is 5.25. The number of carboxylic acid groups (broad SMARTS) is 1. The standard InChI is InChI=1S/C10H9ClN2O2/c1-5(10(14)15)6-2-3-8-7(4-6)9(11)13-12-8/h2-5H,1H3,(H,12,13)(H,14,15). The van der Waals surface area contributed by atoms with Crippen molar-refractivity contribution < 1.29 is 9.90 Å². The summed E-state index contributed by atoms with van der Waals surface area (Å²) in [5, 5.41) is 16.7. The molecule has 5 heteroatoms. The van der Waals surface area contributed by atoms with Gasteiger partial charge in [-0.25, -0.2) is 0 Å². The quantitative estimate of drug-likeness (QED) is 0.823. The summed E-state index contributed by atoms with van der Waals surface area (Å²) in [7, 11) is 0. The minimum atomic E-state index is -0.853. The minimum absolute atomic E-state index is 0.435. The van der Waals surface area contributed by atoms with Gasteiger partial charge in [0, 0.05) is 5.39 Å². The molecule has 0 aliphatic rings. The van der Waals surface area contributed by atoms with E-state index >= 15 is 0 Å². The van der Waals surface area contributed by atoms with Crippen LogP contribution in [0.3, 0.4) is 0 Å². The van der Waals surface area contributed by atoms with Crippen molar-refractivity contribution in [1.82, 2.24) is 10.2 Å². The number of H-pyrrole nitrogens is 1. The Morgan fingerprint density at radius 3 is 3.00 bits per heavy atom. The third-order valence-electron chi connectivity index (χ3n) is 2.40. The van der Waals surface area contributed by atoms with Crippen molar-refractivity contribution >= 4 is 28.5 Å². The van der Waals surface area contributed by atoms with Gasteiger partial charge in [0.15, 0.2) is 0 Å². The molecule has 1 aromatic carbocycles. The molecule has 1 atom stereocenters. The predicted octanol–water partition coefficient (Wildman–Crippen LogP) is 2.40. The monoisotopic (exact) mass is 224 g/mol. The van der Waals surface area contributed by atoms with Crippen LogP contribution in [0, 0.1) is 0 Å². The molecule has 0 aliphatic carbocycles. The third kappa shape index (κ3) is 1.68. The van der Waals surface area contributed by atoms with Gasteiger partial charge in [0.25, 0.3) is 0 Å². The highest BCUT2D eigenvalue weighted by Crippen LogP contribution is 2.25. The fourth-order valence-corrected chi connectivity index (χ4v) is 1.60. The van der Waals surface area contributed by atoms with Crippen LogP contribution in [0.2, 0.25) is 5.15 Å². The Morgan fingerprint density at radius 1 is 1.60 bits per heavy atom. The molecule has 1 unspecified atom stereocenters. The highest BCUT2D eigenvalue weighted by Gasteiger charge is 2.15. The maximum atomic E-state index is 10.8. The van der Waals surface area contributed by atoms with Gasteiger partial charge in [-0.2, -0.15) is 5.10 Å². The van der Waals surface area contributed by atoms with Gasteiger partial charge < -0.3 is 5.11 Å². The van der Waals surface area contributed by atoms with Crippen molar-refractivity contribution in [2.24, 2.45) is 0 Å². The number of rotatable bonds is 2. The summed E-state index contributed by atoms with van der Waals surface area (Å²) in [6.45, 7) is 1.64. The molecule has 78 valence electrons. The second-order valence-corrected chi connectivity index (χ2v) is 3.75. The van der Waals surface area contributed by atoms with Gasteiger partial charge in [0.05, 0.1) is 11.4 Å². The van der Waals surface area contributed by atoms with E-state index in [0.29, 0.717) is 5.15 Å². The molecule has 0 amide bonds. The van der Waals surface area contributed by atoms with Crippen molar-refractivity contribution in [2.45, 2.75) is 12.8 Å². The number of benzene rings is 1. The molecule has 0 radical (unpaired) electrons. The Kier molecular flexibility index (Phi) is 2.36. The topological polar surface area (TPSA) is 66.0 Å². The van der Waals surface area contributed by atoms with Gasteiger partial charge in [-0.3, -0.25) is 9.89 Å². The van der Waals surface area contributed by atoms with Crippen LogP contribution in [0.15, 0.2) is 18.2 Å². The predicted molar refractivity (Wildman–Crippen MR) is 57.2 cm³/mol. The first-order valence-electron chi connectivity index (χ1n) is 4.46. The van der Waals surface area contributed by atoms with Gasteiger partial charge in [-0.05, 0) is 24.6 Å². The lowest BCUT2D eigenvalue weighted by atomic mass is 10.0. The molecule has 0 spiro atoms. The lowest BCUT2D eigenvalue weighted by Gasteiger charge is -2.05. The van der Waals surface area contributed by atoms with E-state index in [2.05, 4.69) is 10.2 Å². The maximum Gasteiger partial charge on any atom is 0.310 e. The number of nitrogens with zero attached hydrogens (tertiary/aromatic N) is 1. The molecule has 1 heterocycles. The normalized spacial score (nSPS) is 12.9. The molecular weight excluding hydrogens is 216 g/mol. The van der Waals surface area contributed by atoms with Gasteiger partial charge in [0.1, 0.15) is 5.15 Å². The van der Waals surface area contributed by atoms with Crippen molar-refractivity contribution in [2.75, 3.05) is 0 Å². The fourth-order valence-electron chi connectivity index (χ4n) is 1.41. The second-order valence-electron chi connectivity index (χ2n) is 3.37. The van der Waals surface area contributed by atoms with E-state index in [9.17, 15) is 4.79 Å². The molecular formula is C10H9ClN2O2. The molecule has 0 bridgehead atoms. The lowest BCUT2D eigenvalue weighted by Crippen LogP contribution is -2.06. The van der Waals surface area contributed by atoms with Gasteiger partial charge in [0.2, 0.25) is 0 Å². The van der Waals surface area contributed by atoms with Crippen LogP contribution in [0.25, 0.3) is 10.9 Å². The summed E-state index contributed by atoms with van der Waals surface area (Å²) in [4.78, 5) is 10.8. The number of carboxylic acids is 1. The highest BCUT2D eigenvalue weighted by atomic mass is 35.5. The minimum Gasteiger partial charge on any atom is -0.481 e. The van der Waals surface area contributed by atoms with Crippen molar-refractivity contribution in [3.05, 3.63) is 28.9 Å². The van der Waals surface area contributed by atoms with Crippen molar-refractivity contribution in [3.8, 4) is 0 Å². The zero-order chi connectivity index (χ0) is 11.0. The molecule has 4 nitrogen and oxygen atoms in total. The number of nitrogens with one attached hydrogen (secondary N) is 1. The average Bonchev–Trinajstić information content (AvgIpc) is 2.59. The zero-order valence-electron chi connectivity index (χ0n) is 7.99. The molecule has 0 saturated carbocycles. The zero-order valence-corrected chi connectivity index (χ0v) is 8.75. The van der Waals surface area contributed by atoms with E-state index in [1.165, 1.54) is 0 Å². The largest absolute Gasteiger partial charge is 0.481 e. The molecule has 2 N–H and O–H groups in total. The van der Waals surface area contributed by atoms with Crippen LogP contribution in [0.4, 0.5) is 0 Å². The summed E-state index contributed by atoms with van der Waals surface area (Å²) in [5.41, 5.74) is 1.46. The number of fused-ring (bicyclic) bond motifs is 1. The highest BCUT2D eigenvalue weighted by molar-refractivity contribution is 6.34. The first-order valence-corrected chi connectivity index (χ1v) is 4.83. The Hall–Kier alpha value is -1.55. The summed E-state index contributed by atoms with van der Waals surface area (Å²) >= 11 is 5.86. The Bertz CT molecular complexity index is 521. The first kappa shape index (κ1) is 9.98.